The van der Waals surface area contributed by atoms with Gasteiger partial charge in [0.15, 0.2) is 22.7 Å². The number of aromatic nitrogens is 2. The van der Waals surface area contributed by atoms with Crippen molar-refractivity contribution in [1.82, 2.24) is 9.55 Å². The molecule has 0 saturated carbocycles. The van der Waals surface area contributed by atoms with E-state index >= 15 is 0 Å². The van der Waals surface area contributed by atoms with E-state index < -0.39 is 0 Å². The zero-order valence-corrected chi connectivity index (χ0v) is 18.7. The van der Waals surface area contributed by atoms with E-state index in [1.165, 1.54) is 30.0 Å². The summed E-state index contributed by atoms with van der Waals surface area (Å²) in [5.41, 5.74) is 4.75. The molecule has 158 valence electrons. The highest BCUT2D eigenvalue weighted by Gasteiger charge is 2.24. The van der Waals surface area contributed by atoms with Gasteiger partial charge in [0.2, 0.25) is 0 Å². The molecule has 0 unspecified atom stereocenters. The second kappa shape index (κ2) is 7.96. The number of hydrogen-bond acceptors (Lipinski definition) is 5. The molecule has 5 rings (SSSR count). The highest BCUT2D eigenvalue weighted by atomic mass is 32.1. The lowest BCUT2D eigenvalue weighted by Crippen LogP contribution is -3.12. The van der Waals surface area contributed by atoms with Gasteiger partial charge in [0, 0.05) is 22.3 Å². The second-order valence-electron chi connectivity index (χ2n) is 8.35. The van der Waals surface area contributed by atoms with Crippen LogP contribution < -0.4 is 19.3 Å². The van der Waals surface area contributed by atoms with Crippen LogP contribution in [0.4, 0.5) is 5.13 Å². The van der Waals surface area contributed by atoms with Gasteiger partial charge in [-0.1, -0.05) is 12.1 Å². The summed E-state index contributed by atoms with van der Waals surface area (Å²) in [6, 6.07) is 10.1. The largest absolute Gasteiger partial charge is 0.486 e. The van der Waals surface area contributed by atoms with Crippen molar-refractivity contribution in [3.8, 4) is 22.8 Å². The van der Waals surface area contributed by atoms with E-state index in [2.05, 4.69) is 41.8 Å². The first-order valence-corrected chi connectivity index (χ1v) is 11.5. The maximum atomic E-state index is 6.18. The number of fused-ring (bicyclic) bond motifs is 1. The zero-order valence-electron chi connectivity index (χ0n) is 17.9. The number of likely N-dealkylation sites (N-methyl/N-ethyl adjacent to an activating group) is 1. The summed E-state index contributed by atoms with van der Waals surface area (Å²) in [6.07, 6.45) is -0.00335. The van der Waals surface area contributed by atoms with E-state index in [-0.39, 0.29) is 6.10 Å². The summed E-state index contributed by atoms with van der Waals surface area (Å²) in [5.74, 6) is 1.66. The standard InChI is InChI=1S/C23H28N4O2S/c1-16-12-19(20-15-30-23(24-20)26-10-8-25(3)9-11-26)17(2)27(16)13-18-14-28-21-6-4-5-7-22(21)29-18/h4-7,12,15,18H,8-11,13-14H2,1-3H3/p+1/t18-/m0/s1. The molecule has 1 aromatic carbocycles. The van der Waals surface area contributed by atoms with E-state index in [4.69, 9.17) is 14.5 Å². The predicted molar refractivity (Wildman–Crippen MR) is 120 cm³/mol. The number of piperazine rings is 1. The molecule has 1 saturated heterocycles. The average molecular weight is 426 g/mol. The van der Waals surface area contributed by atoms with Gasteiger partial charge in [0.1, 0.15) is 6.61 Å². The molecule has 1 fully saturated rings. The third kappa shape index (κ3) is 3.68. The molecule has 0 aliphatic carbocycles. The van der Waals surface area contributed by atoms with Gasteiger partial charge in [-0.15, -0.1) is 11.3 Å². The molecule has 0 spiro atoms. The molecular formula is C23H29N4O2S+. The zero-order chi connectivity index (χ0) is 20.7. The molecule has 0 amide bonds. The van der Waals surface area contributed by atoms with E-state index in [0.29, 0.717) is 6.61 Å². The number of benzene rings is 1. The van der Waals surface area contributed by atoms with Crippen molar-refractivity contribution in [2.45, 2.75) is 26.5 Å². The Kier molecular flexibility index (Phi) is 5.16. The van der Waals surface area contributed by atoms with Crippen LogP contribution in [0.1, 0.15) is 11.4 Å². The molecule has 1 atom stereocenters. The predicted octanol–water partition coefficient (Wildman–Crippen LogP) is 2.40. The van der Waals surface area contributed by atoms with E-state index in [1.807, 2.05) is 24.3 Å². The fourth-order valence-corrected chi connectivity index (χ4v) is 5.19. The number of rotatable bonds is 4. The summed E-state index contributed by atoms with van der Waals surface area (Å²) >= 11 is 1.76. The Hall–Kier alpha value is -2.51. The molecule has 2 aromatic heterocycles. The topological polar surface area (TPSA) is 44.0 Å². The summed E-state index contributed by atoms with van der Waals surface area (Å²) < 4.78 is 14.4. The summed E-state index contributed by atoms with van der Waals surface area (Å²) in [7, 11) is 2.26. The minimum absolute atomic E-state index is 0.00335. The molecule has 4 heterocycles. The highest BCUT2D eigenvalue weighted by molar-refractivity contribution is 7.14. The van der Waals surface area contributed by atoms with E-state index in [1.54, 1.807) is 16.2 Å². The lowest BCUT2D eigenvalue weighted by molar-refractivity contribution is -0.880. The van der Waals surface area contributed by atoms with E-state index in [9.17, 15) is 0 Å². The maximum absolute atomic E-state index is 6.18. The second-order valence-corrected chi connectivity index (χ2v) is 9.19. The normalized spacial score (nSPS) is 19.3. The maximum Gasteiger partial charge on any atom is 0.186 e. The first-order valence-electron chi connectivity index (χ1n) is 10.7. The number of quaternary nitrogens is 1. The summed E-state index contributed by atoms with van der Waals surface area (Å²) in [5, 5.41) is 3.34. The Morgan fingerprint density at radius 1 is 1.17 bits per heavy atom. The Labute approximate surface area is 181 Å². The molecule has 0 radical (unpaired) electrons. The Balaban J connectivity index is 1.33. The minimum Gasteiger partial charge on any atom is -0.486 e. The fraction of sp³-hybridized carbons (Fsp3) is 0.435. The Bertz CT molecular complexity index is 1040. The number of anilines is 1. The SMILES string of the molecule is Cc1cc(-c2csc(N3CC[NH+](C)CC3)n2)c(C)n1C[C@H]1COc2ccccc2O1. The smallest absolute Gasteiger partial charge is 0.186 e. The van der Waals surface area contributed by atoms with Crippen LogP contribution in [0.15, 0.2) is 35.7 Å². The van der Waals surface area contributed by atoms with Gasteiger partial charge in [-0.3, -0.25) is 0 Å². The lowest BCUT2D eigenvalue weighted by Gasteiger charge is -2.29. The van der Waals surface area contributed by atoms with Gasteiger partial charge in [-0.05, 0) is 32.0 Å². The van der Waals surface area contributed by atoms with Crippen LogP contribution in [0.5, 0.6) is 11.5 Å². The van der Waals surface area contributed by atoms with Crippen LogP contribution in [-0.2, 0) is 6.54 Å². The summed E-state index contributed by atoms with van der Waals surface area (Å²) in [4.78, 5) is 9.01. The third-order valence-electron chi connectivity index (χ3n) is 6.18. The monoisotopic (exact) mass is 425 g/mol. The molecule has 30 heavy (non-hydrogen) atoms. The molecular weight excluding hydrogens is 396 g/mol. The van der Waals surface area contributed by atoms with Crippen molar-refractivity contribution >= 4 is 16.5 Å². The highest BCUT2D eigenvalue weighted by Crippen LogP contribution is 2.34. The van der Waals surface area contributed by atoms with Crippen molar-refractivity contribution in [2.75, 3.05) is 44.7 Å². The van der Waals surface area contributed by atoms with Crippen LogP contribution in [0.25, 0.3) is 11.3 Å². The van der Waals surface area contributed by atoms with Crippen molar-refractivity contribution in [1.29, 1.82) is 0 Å². The number of para-hydroxylation sites is 2. The van der Waals surface area contributed by atoms with Crippen LogP contribution in [0.3, 0.4) is 0 Å². The van der Waals surface area contributed by atoms with Gasteiger partial charge in [-0.2, -0.15) is 0 Å². The van der Waals surface area contributed by atoms with Crippen LogP contribution in [0.2, 0.25) is 0 Å². The minimum atomic E-state index is -0.00335. The van der Waals surface area contributed by atoms with Crippen molar-refractivity contribution in [3.05, 3.63) is 47.1 Å². The van der Waals surface area contributed by atoms with E-state index in [0.717, 1.165) is 42.0 Å². The molecule has 1 N–H and O–H groups in total. The van der Waals surface area contributed by atoms with Gasteiger partial charge in [-0.25, -0.2) is 4.98 Å². The molecule has 2 aliphatic heterocycles. The molecule has 3 aromatic rings. The number of aryl methyl sites for hydroxylation is 1. The first kappa shape index (κ1) is 19.5. The van der Waals surface area contributed by atoms with Crippen molar-refractivity contribution in [2.24, 2.45) is 0 Å². The summed E-state index contributed by atoms with van der Waals surface area (Å²) in [6.45, 7) is 10.2. The fourth-order valence-electron chi connectivity index (χ4n) is 4.31. The van der Waals surface area contributed by atoms with Crippen LogP contribution in [0, 0.1) is 13.8 Å². The van der Waals surface area contributed by atoms with Crippen LogP contribution in [-0.4, -0.2) is 55.5 Å². The molecule has 7 heteroatoms. The average Bonchev–Trinajstić information content (AvgIpc) is 3.35. The Morgan fingerprint density at radius 2 is 1.93 bits per heavy atom. The molecule has 6 nitrogen and oxygen atoms in total. The van der Waals surface area contributed by atoms with Gasteiger partial charge in [0.05, 0.1) is 45.5 Å². The number of thiazole rings is 1. The number of hydrogen-bond donors (Lipinski definition) is 1. The third-order valence-corrected chi connectivity index (χ3v) is 7.08. The number of nitrogens with zero attached hydrogens (tertiary/aromatic N) is 3. The van der Waals surface area contributed by atoms with Gasteiger partial charge in [0.25, 0.3) is 0 Å². The molecule has 2 aliphatic rings. The van der Waals surface area contributed by atoms with Crippen molar-refractivity contribution in [3.63, 3.8) is 0 Å². The van der Waals surface area contributed by atoms with Gasteiger partial charge < -0.3 is 23.8 Å². The lowest BCUT2D eigenvalue weighted by atomic mass is 10.2. The quantitative estimate of drug-likeness (QED) is 0.697. The Morgan fingerprint density at radius 3 is 2.73 bits per heavy atom. The molecule has 0 bridgehead atoms. The first-order chi connectivity index (χ1) is 14.6. The van der Waals surface area contributed by atoms with Crippen molar-refractivity contribution < 1.29 is 14.4 Å². The number of ether oxygens (including phenoxy) is 2. The van der Waals surface area contributed by atoms with Crippen LogP contribution >= 0.6 is 11.3 Å². The van der Waals surface area contributed by atoms with Gasteiger partial charge >= 0.3 is 0 Å². The number of nitrogens with one attached hydrogen (secondary N) is 1.